The smallest absolute Gasteiger partial charge is 0.156 e. The van der Waals surface area contributed by atoms with Gasteiger partial charge in [-0.1, -0.05) is 32.0 Å². The average molecular weight is 172 g/mol. The number of hydrogen-bond donors (Lipinski definition) is 1. The lowest BCUT2D eigenvalue weighted by Gasteiger charge is -2.03. The molecular weight excluding hydrogens is 156 g/mol. The monoisotopic (exact) mass is 172 g/mol. The summed E-state index contributed by atoms with van der Waals surface area (Å²) in [4.78, 5) is 4.36. The predicted molar refractivity (Wildman–Crippen MR) is 52.3 cm³/mol. The highest BCUT2D eigenvalue weighted by Gasteiger charge is 2.13. The molecule has 11 heavy (non-hydrogen) atoms. The van der Waals surface area contributed by atoms with E-state index in [2.05, 4.69) is 24.2 Å². The SMILES string of the molecule is CCCCNC1=NCC(C)S1. The number of unbranched alkanes of at least 4 members (excludes halogenated alkanes) is 1. The second-order valence-electron chi connectivity index (χ2n) is 2.85. The van der Waals surface area contributed by atoms with Gasteiger partial charge in [-0.3, -0.25) is 4.99 Å². The molecule has 0 amide bonds. The fourth-order valence-corrected chi connectivity index (χ4v) is 1.81. The van der Waals surface area contributed by atoms with Crippen molar-refractivity contribution in [3.8, 4) is 0 Å². The van der Waals surface area contributed by atoms with Gasteiger partial charge in [0.05, 0.1) is 6.54 Å². The van der Waals surface area contributed by atoms with Gasteiger partial charge < -0.3 is 5.32 Å². The van der Waals surface area contributed by atoms with Crippen molar-refractivity contribution in [1.29, 1.82) is 0 Å². The van der Waals surface area contributed by atoms with Gasteiger partial charge in [-0.2, -0.15) is 0 Å². The lowest BCUT2D eigenvalue weighted by molar-refractivity contribution is 0.758. The summed E-state index contributed by atoms with van der Waals surface area (Å²) in [6, 6.07) is 0. The van der Waals surface area contributed by atoms with Crippen LogP contribution < -0.4 is 5.32 Å². The van der Waals surface area contributed by atoms with E-state index in [9.17, 15) is 0 Å². The Bertz CT molecular complexity index is 145. The average Bonchev–Trinajstić information content (AvgIpc) is 2.37. The maximum atomic E-state index is 4.36. The van der Waals surface area contributed by atoms with E-state index in [1.165, 1.54) is 12.8 Å². The first-order valence-corrected chi connectivity index (χ1v) is 5.16. The van der Waals surface area contributed by atoms with Gasteiger partial charge in [-0.15, -0.1) is 0 Å². The van der Waals surface area contributed by atoms with E-state index in [4.69, 9.17) is 0 Å². The van der Waals surface area contributed by atoms with Crippen molar-refractivity contribution in [1.82, 2.24) is 5.32 Å². The number of amidine groups is 1. The van der Waals surface area contributed by atoms with E-state index in [0.29, 0.717) is 5.25 Å². The summed E-state index contributed by atoms with van der Waals surface area (Å²) in [6.45, 7) is 6.48. The molecule has 3 heteroatoms. The standard InChI is InChI=1S/C8H16N2S/c1-3-4-5-9-8-10-6-7(2)11-8/h7H,3-6H2,1-2H3,(H,9,10). The summed E-state index contributed by atoms with van der Waals surface area (Å²) in [5, 5.41) is 5.15. The topological polar surface area (TPSA) is 24.4 Å². The highest BCUT2D eigenvalue weighted by Crippen LogP contribution is 2.18. The van der Waals surface area contributed by atoms with Gasteiger partial charge in [0.1, 0.15) is 0 Å². The molecule has 1 rings (SSSR count). The van der Waals surface area contributed by atoms with E-state index in [1.54, 1.807) is 0 Å². The van der Waals surface area contributed by atoms with Gasteiger partial charge >= 0.3 is 0 Å². The maximum absolute atomic E-state index is 4.36. The summed E-state index contributed by atoms with van der Waals surface area (Å²) in [5.41, 5.74) is 0. The number of aliphatic imine (C=N–C) groups is 1. The zero-order valence-electron chi connectivity index (χ0n) is 7.26. The summed E-state index contributed by atoms with van der Waals surface area (Å²) >= 11 is 1.85. The van der Waals surface area contributed by atoms with Gasteiger partial charge in [-0.25, -0.2) is 0 Å². The summed E-state index contributed by atoms with van der Waals surface area (Å²) in [6.07, 6.45) is 2.49. The number of nitrogens with zero attached hydrogens (tertiary/aromatic N) is 1. The molecule has 0 aromatic heterocycles. The molecule has 0 radical (unpaired) electrons. The molecule has 2 nitrogen and oxygen atoms in total. The van der Waals surface area contributed by atoms with E-state index in [1.807, 2.05) is 11.8 Å². The molecule has 0 spiro atoms. The van der Waals surface area contributed by atoms with Gasteiger partial charge in [-0.05, 0) is 6.42 Å². The number of nitrogens with one attached hydrogen (secondary N) is 1. The van der Waals surface area contributed by atoms with Crippen LogP contribution in [-0.4, -0.2) is 23.5 Å². The minimum Gasteiger partial charge on any atom is -0.365 e. The van der Waals surface area contributed by atoms with Crippen molar-refractivity contribution in [2.24, 2.45) is 4.99 Å². The molecule has 0 fully saturated rings. The van der Waals surface area contributed by atoms with Gasteiger partial charge in [0.2, 0.25) is 0 Å². The molecule has 1 heterocycles. The van der Waals surface area contributed by atoms with E-state index >= 15 is 0 Å². The van der Waals surface area contributed by atoms with Crippen LogP contribution in [0.3, 0.4) is 0 Å². The van der Waals surface area contributed by atoms with Crippen LogP contribution in [0.4, 0.5) is 0 Å². The van der Waals surface area contributed by atoms with Gasteiger partial charge in [0, 0.05) is 11.8 Å². The van der Waals surface area contributed by atoms with E-state index in [0.717, 1.165) is 18.3 Å². The van der Waals surface area contributed by atoms with Crippen LogP contribution in [0.1, 0.15) is 26.7 Å². The Balaban J connectivity index is 2.08. The quantitative estimate of drug-likeness (QED) is 0.657. The molecule has 1 aliphatic heterocycles. The lowest BCUT2D eigenvalue weighted by Crippen LogP contribution is -2.20. The third kappa shape index (κ3) is 3.14. The van der Waals surface area contributed by atoms with Crippen LogP contribution in [0.15, 0.2) is 4.99 Å². The van der Waals surface area contributed by atoms with Crippen molar-refractivity contribution in [2.45, 2.75) is 31.9 Å². The highest BCUT2D eigenvalue weighted by atomic mass is 32.2. The predicted octanol–water partition coefficient (Wildman–Crippen LogP) is 1.87. The largest absolute Gasteiger partial charge is 0.365 e. The van der Waals surface area contributed by atoms with E-state index in [-0.39, 0.29) is 0 Å². The van der Waals surface area contributed by atoms with Crippen LogP contribution in [0, 0.1) is 0 Å². The summed E-state index contributed by atoms with van der Waals surface area (Å²) < 4.78 is 0. The third-order valence-electron chi connectivity index (χ3n) is 1.61. The Labute approximate surface area is 72.9 Å². The van der Waals surface area contributed by atoms with Crippen LogP contribution in [-0.2, 0) is 0 Å². The molecule has 0 bridgehead atoms. The van der Waals surface area contributed by atoms with E-state index < -0.39 is 0 Å². The lowest BCUT2D eigenvalue weighted by atomic mass is 10.3. The van der Waals surface area contributed by atoms with Gasteiger partial charge in [0.15, 0.2) is 5.17 Å². The molecule has 1 atom stereocenters. The summed E-state index contributed by atoms with van der Waals surface area (Å²) in [5.74, 6) is 0. The first kappa shape index (κ1) is 8.91. The second kappa shape index (κ2) is 4.65. The maximum Gasteiger partial charge on any atom is 0.156 e. The minimum absolute atomic E-state index is 0.680. The molecule has 0 saturated heterocycles. The molecule has 1 N–H and O–H groups in total. The first-order chi connectivity index (χ1) is 5.33. The van der Waals surface area contributed by atoms with Crippen LogP contribution >= 0.6 is 11.8 Å². The summed E-state index contributed by atoms with van der Waals surface area (Å²) in [7, 11) is 0. The van der Waals surface area contributed by atoms with Crippen molar-refractivity contribution >= 4 is 16.9 Å². The highest BCUT2D eigenvalue weighted by molar-refractivity contribution is 8.14. The molecule has 0 aromatic carbocycles. The Morgan fingerprint density at radius 1 is 1.73 bits per heavy atom. The zero-order valence-corrected chi connectivity index (χ0v) is 8.08. The number of thioether (sulfide) groups is 1. The van der Waals surface area contributed by atoms with Crippen molar-refractivity contribution < 1.29 is 0 Å². The van der Waals surface area contributed by atoms with Crippen molar-refractivity contribution in [2.75, 3.05) is 13.1 Å². The normalized spacial score (nSPS) is 23.5. The second-order valence-corrected chi connectivity index (χ2v) is 4.28. The Hall–Kier alpha value is -0.180. The molecule has 0 aliphatic carbocycles. The molecule has 1 unspecified atom stereocenters. The zero-order chi connectivity index (χ0) is 8.10. The molecule has 0 saturated carbocycles. The molecular formula is C8H16N2S. The fourth-order valence-electron chi connectivity index (χ4n) is 0.946. The number of hydrogen-bond acceptors (Lipinski definition) is 3. The van der Waals surface area contributed by atoms with Crippen molar-refractivity contribution in [3.63, 3.8) is 0 Å². The molecule has 0 aromatic rings. The Morgan fingerprint density at radius 2 is 2.55 bits per heavy atom. The molecule has 64 valence electrons. The van der Waals surface area contributed by atoms with Crippen LogP contribution in [0.25, 0.3) is 0 Å². The Kier molecular flexibility index (Phi) is 3.77. The fraction of sp³-hybridized carbons (Fsp3) is 0.875. The first-order valence-electron chi connectivity index (χ1n) is 4.28. The van der Waals surface area contributed by atoms with Gasteiger partial charge in [0.25, 0.3) is 0 Å². The third-order valence-corrected chi connectivity index (χ3v) is 2.66. The van der Waals surface area contributed by atoms with Crippen molar-refractivity contribution in [3.05, 3.63) is 0 Å². The molecule has 1 aliphatic rings. The Morgan fingerprint density at radius 3 is 3.09 bits per heavy atom. The minimum atomic E-state index is 0.680. The number of rotatable bonds is 3. The van der Waals surface area contributed by atoms with Crippen LogP contribution in [0.5, 0.6) is 0 Å². The van der Waals surface area contributed by atoms with Crippen LogP contribution in [0.2, 0.25) is 0 Å².